The van der Waals surface area contributed by atoms with Gasteiger partial charge in [0.05, 0.1) is 15.3 Å². The fourth-order valence-electron chi connectivity index (χ4n) is 0.589. The zero-order valence-corrected chi connectivity index (χ0v) is 9.36. The van der Waals surface area contributed by atoms with E-state index in [4.69, 9.17) is 28.3 Å². The van der Waals surface area contributed by atoms with Crippen LogP contribution in [0.25, 0.3) is 0 Å². The number of aliphatic hydroxyl groups is 5. The van der Waals surface area contributed by atoms with Crippen molar-refractivity contribution < 1.29 is 67.7 Å². The molecule has 0 bridgehead atoms. The number of carboxylic acids is 1. The van der Waals surface area contributed by atoms with Crippen molar-refractivity contribution in [1.82, 2.24) is 0 Å². The van der Waals surface area contributed by atoms with Crippen molar-refractivity contribution in [3.8, 4) is 0 Å². The molecule has 8 heteroatoms. The maximum atomic E-state index is 10.0. The quantitative estimate of drug-likeness (QED) is 0.290. The Morgan fingerprint density at radius 3 is 2.00 bits per heavy atom. The van der Waals surface area contributed by atoms with Gasteiger partial charge in [-0.15, -0.1) is 0 Å². The summed E-state index contributed by atoms with van der Waals surface area (Å²) in [5.74, 6) is -2.10. The van der Waals surface area contributed by atoms with Crippen LogP contribution in [0.3, 0.4) is 0 Å². The predicted molar refractivity (Wildman–Crippen MR) is 36.1 cm³/mol. The van der Waals surface area contributed by atoms with Gasteiger partial charge in [-0.2, -0.15) is 0 Å². The van der Waals surface area contributed by atoms with Gasteiger partial charge in [0.15, 0.2) is 0 Å². The minimum absolute atomic E-state index is 0. The third-order valence-corrected chi connectivity index (χ3v) is 1.37. The summed E-state index contributed by atoms with van der Waals surface area (Å²) in [6.45, 7) is -3.24. The van der Waals surface area contributed by atoms with Crippen LogP contribution in [-0.4, -0.2) is 62.5 Å². The molecule has 0 aliphatic heterocycles. The van der Waals surface area contributed by atoms with E-state index in [0.29, 0.717) is 0 Å². The van der Waals surface area contributed by atoms with E-state index in [2.05, 4.69) is 0 Å². The van der Waals surface area contributed by atoms with Crippen LogP contribution in [-0.2, 0) is 4.79 Å². The summed E-state index contributed by atoms with van der Waals surface area (Å²) in [5, 5.41) is 54.2. The van der Waals surface area contributed by atoms with Crippen molar-refractivity contribution in [2.24, 2.45) is 0 Å². The Balaban J connectivity index is 0. The molecule has 0 unspecified atom stereocenters. The predicted octanol–water partition coefficient (Wildman–Crippen LogP) is -7.82. The monoisotopic (exact) mass is 220 g/mol. The van der Waals surface area contributed by atoms with Crippen LogP contribution in [0.5, 0.6) is 0 Å². The number of carbonyl (C=O) groups is 1. The van der Waals surface area contributed by atoms with Gasteiger partial charge in [0, 0.05) is 0 Å². The Morgan fingerprint density at radius 1 is 1.29 bits per heavy atom. The maximum absolute atomic E-state index is 10.0. The summed E-state index contributed by atoms with van der Waals surface area (Å²) in [6.07, 6.45) is -9.73. The number of aliphatic carboxylic acids is 1. The third kappa shape index (κ3) is 4.67. The Bertz CT molecular complexity index is 233. The summed E-state index contributed by atoms with van der Waals surface area (Å²) in [4.78, 5) is 10.0. The van der Waals surface area contributed by atoms with Gasteiger partial charge >= 0.3 is 29.6 Å². The van der Waals surface area contributed by atoms with Gasteiger partial charge in [0.1, 0.15) is 24.4 Å². The zero-order chi connectivity index (χ0) is 12.4. The number of aliphatic hydroxyl groups excluding tert-OH is 4. The molecular formula is C6H11NaO7. The number of rotatable bonds is 5. The van der Waals surface area contributed by atoms with E-state index in [1.165, 1.54) is 0 Å². The molecule has 0 spiro atoms. The third-order valence-electron chi connectivity index (χ3n) is 1.37. The topological polar surface area (TPSA) is 141 Å². The first kappa shape index (κ1) is 12.3. The molecule has 78 valence electrons. The van der Waals surface area contributed by atoms with Crippen molar-refractivity contribution >= 4 is 5.97 Å². The molecule has 0 rings (SSSR count). The minimum Gasteiger partial charge on any atom is -0.547 e. The van der Waals surface area contributed by atoms with Crippen molar-refractivity contribution in [3.05, 3.63) is 0 Å². The fourth-order valence-corrected chi connectivity index (χ4v) is 0.589. The van der Waals surface area contributed by atoms with Gasteiger partial charge in [0.2, 0.25) is 0 Å². The largest absolute Gasteiger partial charge is 1.00 e. The van der Waals surface area contributed by atoms with Gasteiger partial charge in [-0.3, -0.25) is 0 Å². The summed E-state index contributed by atoms with van der Waals surface area (Å²) < 4.78 is 13.1. The maximum Gasteiger partial charge on any atom is 1.00 e. The Labute approximate surface area is 105 Å². The SMILES string of the molecule is [2H]C([2H])(O)[C@@H](O)[C@@H](O)[C@H](O)[C@@H](O)C(=O)[O-].[Na+]. The Kier molecular flexibility index (Phi) is 6.65. The molecular weight excluding hydrogens is 207 g/mol. The number of carbonyl (C=O) groups excluding carboxylic acids is 1. The average molecular weight is 220 g/mol. The molecule has 0 aliphatic rings. The molecule has 5 N–H and O–H groups in total. The molecule has 4 atom stereocenters. The summed E-state index contributed by atoms with van der Waals surface area (Å²) in [6, 6.07) is 0. The van der Waals surface area contributed by atoms with Crippen molar-refractivity contribution in [3.63, 3.8) is 0 Å². The van der Waals surface area contributed by atoms with Crippen LogP contribution in [0.2, 0.25) is 0 Å². The number of hydrogen-bond acceptors (Lipinski definition) is 7. The average Bonchev–Trinajstić information content (AvgIpc) is 2.11. The van der Waals surface area contributed by atoms with Gasteiger partial charge < -0.3 is 35.4 Å². The standard InChI is InChI=1S/C6H12O7.Na/c7-1-2(8)3(9)4(10)5(11)6(12)13;/h2-5,7-11H,1H2,(H,12,13);/q;+1/p-1/t2-,3-,4+,5-;/m1./s1/i1D2;. The molecule has 0 aromatic rings. The van der Waals surface area contributed by atoms with Crippen LogP contribution in [0.1, 0.15) is 2.74 Å². The van der Waals surface area contributed by atoms with Crippen LogP contribution < -0.4 is 34.7 Å². The van der Waals surface area contributed by atoms with Crippen molar-refractivity contribution in [1.29, 1.82) is 0 Å². The van der Waals surface area contributed by atoms with Crippen LogP contribution in [0.4, 0.5) is 0 Å². The smallest absolute Gasteiger partial charge is 0.547 e. The van der Waals surface area contributed by atoms with E-state index in [1.54, 1.807) is 0 Å². The van der Waals surface area contributed by atoms with E-state index in [1.807, 2.05) is 0 Å². The molecule has 0 fully saturated rings. The number of hydrogen-bond donors (Lipinski definition) is 5. The first-order valence-corrected chi connectivity index (χ1v) is 3.24. The van der Waals surface area contributed by atoms with E-state index >= 15 is 0 Å². The molecule has 7 nitrogen and oxygen atoms in total. The van der Waals surface area contributed by atoms with Gasteiger partial charge in [-0.05, 0) is 0 Å². The first-order valence-electron chi connectivity index (χ1n) is 4.24. The molecule has 0 saturated heterocycles. The molecule has 14 heavy (non-hydrogen) atoms. The van der Waals surface area contributed by atoms with Crippen LogP contribution in [0, 0.1) is 0 Å². The normalized spacial score (nSPS) is 22.1. The Hall–Kier alpha value is 0.270. The second-order valence-corrected chi connectivity index (χ2v) is 2.32. The molecule has 0 radical (unpaired) electrons. The summed E-state index contributed by atoms with van der Waals surface area (Å²) in [5.41, 5.74) is 0. The molecule has 0 aliphatic carbocycles. The van der Waals surface area contributed by atoms with E-state index in [0.717, 1.165) is 0 Å². The van der Waals surface area contributed by atoms with E-state index in [-0.39, 0.29) is 29.6 Å². The summed E-state index contributed by atoms with van der Waals surface area (Å²) in [7, 11) is 0. The second-order valence-electron chi connectivity index (χ2n) is 2.32. The number of carboxylic acid groups (broad SMARTS) is 1. The zero-order valence-electron chi connectivity index (χ0n) is 9.36. The summed E-state index contributed by atoms with van der Waals surface area (Å²) >= 11 is 0. The molecule has 0 heterocycles. The van der Waals surface area contributed by atoms with Crippen LogP contribution >= 0.6 is 0 Å². The van der Waals surface area contributed by atoms with Gasteiger partial charge in [0.25, 0.3) is 0 Å². The second kappa shape index (κ2) is 7.55. The van der Waals surface area contributed by atoms with E-state index < -0.39 is 36.9 Å². The molecule has 0 amide bonds. The molecule has 0 aromatic heterocycles. The fraction of sp³-hybridized carbons (Fsp3) is 0.833. The Morgan fingerprint density at radius 2 is 1.71 bits per heavy atom. The van der Waals surface area contributed by atoms with Crippen molar-refractivity contribution in [2.45, 2.75) is 24.4 Å². The van der Waals surface area contributed by atoms with Gasteiger partial charge in [-0.25, -0.2) is 0 Å². The van der Waals surface area contributed by atoms with Crippen molar-refractivity contribution in [2.75, 3.05) is 6.56 Å². The molecule has 0 saturated carbocycles. The van der Waals surface area contributed by atoms with E-state index in [9.17, 15) is 9.90 Å². The minimum atomic E-state index is -3.24. The molecule has 0 aromatic carbocycles. The van der Waals surface area contributed by atoms with Gasteiger partial charge in [-0.1, -0.05) is 0 Å². The first-order chi connectivity index (χ1) is 6.59. The van der Waals surface area contributed by atoms with Crippen LogP contribution in [0.15, 0.2) is 0 Å².